The second kappa shape index (κ2) is 5.09. The molecule has 1 heterocycles. The van der Waals surface area contributed by atoms with Gasteiger partial charge in [0.2, 0.25) is 0 Å². The highest BCUT2D eigenvalue weighted by Crippen LogP contribution is 2.40. The van der Waals surface area contributed by atoms with E-state index in [1.807, 2.05) is 27.7 Å². The van der Waals surface area contributed by atoms with Crippen molar-refractivity contribution in [2.24, 2.45) is 5.92 Å². The lowest BCUT2D eigenvalue weighted by Crippen LogP contribution is -2.59. The Morgan fingerprint density at radius 1 is 1.24 bits per heavy atom. The maximum absolute atomic E-state index is 12.0. The maximum Gasteiger partial charge on any atom is 0.161 e. The van der Waals surface area contributed by atoms with Gasteiger partial charge in [0, 0.05) is 17.0 Å². The van der Waals surface area contributed by atoms with E-state index in [0.717, 1.165) is 0 Å². The number of nitrogens with zero attached hydrogens (tertiary/aromatic N) is 1. The molecular weight excluding hydrogens is 238 g/mol. The van der Waals surface area contributed by atoms with Gasteiger partial charge in [0.25, 0.3) is 0 Å². The van der Waals surface area contributed by atoms with Gasteiger partial charge in [-0.2, -0.15) is 5.06 Å². The van der Waals surface area contributed by atoms with E-state index in [4.69, 9.17) is 0 Å². The van der Waals surface area contributed by atoms with Crippen molar-refractivity contribution in [3.05, 3.63) is 12.2 Å². The van der Waals surface area contributed by atoms with Gasteiger partial charge in [-0.25, -0.2) is 0 Å². The van der Waals surface area contributed by atoms with Crippen LogP contribution in [0.5, 0.6) is 0 Å². The minimum atomic E-state index is -0.364. The van der Waals surface area contributed by atoms with E-state index in [1.54, 1.807) is 6.92 Å². The first-order valence-corrected chi connectivity index (χ1v) is 5.77. The fraction of sp³-hybridized carbons (Fsp3) is 0.769. The molecule has 0 aliphatic carbocycles. The van der Waals surface area contributed by atoms with Crippen LogP contribution in [-0.4, -0.2) is 27.1 Å². The lowest BCUT2D eigenvalue weighted by molar-refractivity contribution is -0.249. The summed E-state index contributed by atoms with van der Waals surface area (Å²) in [6, 6.07) is 0. The fourth-order valence-electron chi connectivity index (χ4n) is 2.80. The first kappa shape index (κ1) is 16.6. The van der Waals surface area contributed by atoms with Crippen LogP contribution >= 0.6 is 12.4 Å². The van der Waals surface area contributed by atoms with Gasteiger partial charge in [0.05, 0.1) is 0 Å². The quantitative estimate of drug-likeness (QED) is 0.776. The highest BCUT2D eigenvalue weighted by Gasteiger charge is 2.46. The van der Waals surface area contributed by atoms with Crippen molar-refractivity contribution >= 4 is 18.2 Å². The van der Waals surface area contributed by atoms with Crippen LogP contribution in [0.2, 0.25) is 0 Å². The molecule has 0 amide bonds. The predicted molar refractivity (Wildman–Crippen MR) is 71.6 cm³/mol. The number of rotatable bonds is 2. The maximum atomic E-state index is 12.0. The van der Waals surface area contributed by atoms with Crippen molar-refractivity contribution < 1.29 is 10.0 Å². The van der Waals surface area contributed by atoms with Crippen LogP contribution in [0, 0.1) is 5.92 Å². The first-order valence-electron chi connectivity index (χ1n) is 5.77. The summed E-state index contributed by atoms with van der Waals surface area (Å²) in [5, 5.41) is 11.5. The summed E-state index contributed by atoms with van der Waals surface area (Å²) < 4.78 is 0. The number of halogens is 1. The van der Waals surface area contributed by atoms with Crippen molar-refractivity contribution in [1.29, 1.82) is 0 Å². The lowest BCUT2D eigenvalue weighted by atomic mass is 9.73. The van der Waals surface area contributed by atoms with Crippen molar-refractivity contribution in [2.75, 3.05) is 0 Å². The molecule has 0 atom stereocenters. The molecule has 3 nitrogen and oxygen atoms in total. The Morgan fingerprint density at radius 2 is 1.59 bits per heavy atom. The molecule has 0 unspecified atom stereocenters. The molecule has 1 fully saturated rings. The van der Waals surface area contributed by atoms with E-state index in [1.165, 1.54) is 5.06 Å². The predicted octanol–water partition coefficient (Wildman–Crippen LogP) is 3.21. The SMILES string of the molecule is C=C(C)C(=O)C1CC(C)(C)N(O)C(C)(C)C1.Cl. The van der Waals surface area contributed by atoms with Gasteiger partial charge in [0.1, 0.15) is 0 Å². The molecule has 0 radical (unpaired) electrons. The number of carbonyl (C=O) groups excluding carboxylic acids is 1. The van der Waals surface area contributed by atoms with E-state index in [9.17, 15) is 10.0 Å². The fourth-order valence-corrected chi connectivity index (χ4v) is 2.80. The summed E-state index contributed by atoms with van der Waals surface area (Å²) in [7, 11) is 0. The zero-order chi connectivity index (χ0) is 12.7. The molecule has 4 heteroatoms. The molecule has 0 saturated carbocycles. The third-order valence-corrected chi connectivity index (χ3v) is 3.43. The Morgan fingerprint density at radius 3 is 1.88 bits per heavy atom. The van der Waals surface area contributed by atoms with Crippen LogP contribution in [-0.2, 0) is 4.79 Å². The summed E-state index contributed by atoms with van der Waals surface area (Å²) in [6.07, 6.45) is 1.36. The molecule has 1 N–H and O–H groups in total. The number of allylic oxidation sites excluding steroid dienone is 1. The van der Waals surface area contributed by atoms with E-state index in [0.29, 0.717) is 18.4 Å². The summed E-state index contributed by atoms with van der Waals surface area (Å²) in [4.78, 5) is 12.0. The number of hydrogen-bond acceptors (Lipinski definition) is 3. The molecule has 0 bridgehead atoms. The number of Topliss-reactive ketones (excluding diaryl/α,β-unsaturated/α-hetero) is 1. The van der Waals surface area contributed by atoms with Gasteiger partial charge in [-0.3, -0.25) is 4.79 Å². The molecule has 0 spiro atoms. The average Bonchev–Trinajstić information content (AvgIpc) is 2.11. The van der Waals surface area contributed by atoms with Crippen LogP contribution in [0.4, 0.5) is 0 Å². The van der Waals surface area contributed by atoms with Crippen molar-refractivity contribution in [1.82, 2.24) is 5.06 Å². The minimum absolute atomic E-state index is 0. The van der Waals surface area contributed by atoms with E-state index in [2.05, 4.69) is 6.58 Å². The Bertz CT molecular complexity index is 305. The molecule has 1 aliphatic rings. The molecule has 0 aromatic rings. The highest BCUT2D eigenvalue weighted by molar-refractivity contribution is 5.96. The molecule has 1 saturated heterocycles. The normalized spacial score (nSPS) is 23.9. The number of hydroxylamine groups is 2. The Kier molecular flexibility index (Phi) is 4.97. The van der Waals surface area contributed by atoms with Crippen molar-refractivity contribution in [3.63, 3.8) is 0 Å². The van der Waals surface area contributed by atoms with Gasteiger partial charge < -0.3 is 5.21 Å². The molecule has 0 aromatic carbocycles. The zero-order valence-corrected chi connectivity index (χ0v) is 12.2. The van der Waals surface area contributed by atoms with Crippen LogP contribution in [0.1, 0.15) is 47.5 Å². The topological polar surface area (TPSA) is 40.5 Å². The van der Waals surface area contributed by atoms with E-state index in [-0.39, 0.29) is 35.2 Å². The molecule has 17 heavy (non-hydrogen) atoms. The zero-order valence-electron chi connectivity index (χ0n) is 11.4. The Balaban J connectivity index is 0.00000256. The van der Waals surface area contributed by atoms with E-state index < -0.39 is 0 Å². The third kappa shape index (κ3) is 3.30. The van der Waals surface area contributed by atoms with Gasteiger partial charge in [-0.05, 0) is 53.0 Å². The number of ketones is 1. The molecule has 1 rings (SSSR count). The second-order valence-corrected chi connectivity index (χ2v) is 6.19. The van der Waals surface area contributed by atoms with Gasteiger partial charge >= 0.3 is 0 Å². The standard InChI is InChI=1S/C13H23NO2.ClH/c1-9(2)11(15)10-7-12(3,4)14(16)13(5,6)8-10;/h10,16H,1,7-8H2,2-6H3;1H. The largest absolute Gasteiger partial charge is 0.313 e. The van der Waals surface area contributed by atoms with Crippen LogP contribution in [0.25, 0.3) is 0 Å². The highest BCUT2D eigenvalue weighted by atomic mass is 35.5. The Labute approximate surface area is 110 Å². The number of carbonyl (C=O) groups is 1. The van der Waals surface area contributed by atoms with Gasteiger partial charge in [-0.15, -0.1) is 12.4 Å². The Hall–Kier alpha value is -0.380. The van der Waals surface area contributed by atoms with Crippen molar-refractivity contribution in [2.45, 2.75) is 58.5 Å². The monoisotopic (exact) mass is 261 g/mol. The molecule has 1 aliphatic heterocycles. The lowest BCUT2D eigenvalue weighted by Gasteiger charge is -2.51. The van der Waals surface area contributed by atoms with Gasteiger partial charge in [0.15, 0.2) is 5.78 Å². The number of piperidine rings is 1. The summed E-state index contributed by atoms with van der Waals surface area (Å²) in [6.45, 7) is 13.3. The van der Waals surface area contributed by atoms with Crippen LogP contribution in [0.15, 0.2) is 12.2 Å². The van der Waals surface area contributed by atoms with E-state index >= 15 is 0 Å². The van der Waals surface area contributed by atoms with Crippen molar-refractivity contribution in [3.8, 4) is 0 Å². The van der Waals surface area contributed by atoms with Crippen LogP contribution in [0.3, 0.4) is 0 Å². The molecular formula is C13H24ClNO2. The summed E-state index contributed by atoms with van der Waals surface area (Å²) in [5.74, 6) is 0.111. The first-order chi connectivity index (χ1) is 7.08. The van der Waals surface area contributed by atoms with Gasteiger partial charge in [-0.1, -0.05) is 6.58 Å². The minimum Gasteiger partial charge on any atom is -0.313 e. The molecule has 0 aromatic heterocycles. The smallest absolute Gasteiger partial charge is 0.161 e. The summed E-state index contributed by atoms with van der Waals surface area (Å²) >= 11 is 0. The average molecular weight is 262 g/mol. The number of hydrogen-bond donors (Lipinski definition) is 1. The molecule has 100 valence electrons. The third-order valence-electron chi connectivity index (χ3n) is 3.43. The summed E-state index contributed by atoms with van der Waals surface area (Å²) in [5.41, 5.74) is -0.113. The second-order valence-electron chi connectivity index (χ2n) is 6.19. The van der Waals surface area contributed by atoms with Crippen LogP contribution < -0.4 is 0 Å².